The number of benzene rings is 1. The van der Waals surface area contributed by atoms with Crippen molar-refractivity contribution in [3.8, 4) is 6.07 Å². The highest BCUT2D eigenvalue weighted by atomic mass is 79.9. The molecule has 1 heterocycles. The average molecular weight is 326 g/mol. The number of carbonyl (C=O) groups is 1. The highest BCUT2D eigenvalue weighted by Gasteiger charge is 2.39. The summed E-state index contributed by atoms with van der Waals surface area (Å²) in [7, 11) is 0. The van der Waals surface area contributed by atoms with E-state index in [4.69, 9.17) is 11.0 Å². The summed E-state index contributed by atoms with van der Waals surface area (Å²) in [5, 5.41) is 8.83. The Balaban J connectivity index is 2.34. The monoisotopic (exact) mass is 325 g/mol. The Morgan fingerprint density at radius 3 is 2.84 bits per heavy atom. The zero-order valence-electron chi connectivity index (χ0n) is 10.4. The second-order valence-electron chi connectivity index (χ2n) is 4.97. The zero-order chi connectivity index (χ0) is 14.2. The number of primary amides is 1. The van der Waals surface area contributed by atoms with E-state index in [1.54, 1.807) is 24.0 Å². The SMILES string of the molecule is CC1(C(N)=O)CCN(c2ccc(C#N)c(Br)c2F)C1. The number of hydrogen-bond donors (Lipinski definition) is 1. The minimum Gasteiger partial charge on any atom is -0.369 e. The maximum atomic E-state index is 14.2. The van der Waals surface area contributed by atoms with Crippen molar-refractivity contribution in [2.24, 2.45) is 11.1 Å². The predicted molar refractivity (Wildman–Crippen MR) is 72.9 cm³/mol. The molecule has 4 nitrogen and oxygen atoms in total. The van der Waals surface area contributed by atoms with Gasteiger partial charge >= 0.3 is 0 Å². The Morgan fingerprint density at radius 2 is 2.32 bits per heavy atom. The zero-order valence-corrected chi connectivity index (χ0v) is 12.0. The van der Waals surface area contributed by atoms with Crippen molar-refractivity contribution in [1.29, 1.82) is 5.26 Å². The summed E-state index contributed by atoms with van der Waals surface area (Å²) >= 11 is 3.08. The molecule has 0 spiro atoms. The fourth-order valence-electron chi connectivity index (χ4n) is 2.24. The third kappa shape index (κ3) is 2.30. The van der Waals surface area contributed by atoms with Gasteiger partial charge in [0.25, 0.3) is 0 Å². The Labute approximate surface area is 119 Å². The molecule has 2 rings (SSSR count). The Morgan fingerprint density at radius 1 is 1.63 bits per heavy atom. The van der Waals surface area contributed by atoms with Gasteiger partial charge in [0, 0.05) is 13.1 Å². The van der Waals surface area contributed by atoms with Gasteiger partial charge in [-0.15, -0.1) is 0 Å². The van der Waals surface area contributed by atoms with Gasteiger partial charge in [-0.1, -0.05) is 0 Å². The van der Waals surface area contributed by atoms with E-state index >= 15 is 0 Å². The second-order valence-corrected chi connectivity index (χ2v) is 5.76. The quantitative estimate of drug-likeness (QED) is 0.905. The Bertz CT molecular complexity index is 584. The van der Waals surface area contributed by atoms with Gasteiger partial charge in [0.2, 0.25) is 5.91 Å². The van der Waals surface area contributed by atoms with Crippen LogP contribution in [0.1, 0.15) is 18.9 Å². The number of amides is 1. The predicted octanol–water partition coefficient (Wildman–Crippen LogP) is 2.16. The fourth-order valence-corrected chi connectivity index (χ4v) is 2.66. The lowest BCUT2D eigenvalue weighted by atomic mass is 9.89. The number of carbonyl (C=O) groups excluding carboxylic acids is 1. The normalized spacial score (nSPS) is 22.3. The molecule has 6 heteroatoms. The van der Waals surface area contributed by atoms with Crippen molar-refractivity contribution in [2.45, 2.75) is 13.3 Å². The minimum absolute atomic E-state index is 0.153. The molecule has 2 N–H and O–H groups in total. The van der Waals surface area contributed by atoms with Crippen LogP contribution in [-0.2, 0) is 4.79 Å². The highest BCUT2D eigenvalue weighted by molar-refractivity contribution is 9.10. The van der Waals surface area contributed by atoms with Crippen molar-refractivity contribution in [3.63, 3.8) is 0 Å². The minimum atomic E-state index is -0.632. The van der Waals surface area contributed by atoms with Gasteiger partial charge in [0.05, 0.1) is 21.1 Å². The van der Waals surface area contributed by atoms with E-state index in [0.717, 1.165) is 0 Å². The van der Waals surface area contributed by atoms with Gasteiger partial charge in [-0.25, -0.2) is 4.39 Å². The summed E-state index contributed by atoms with van der Waals surface area (Å²) in [6.07, 6.45) is 0.597. The maximum absolute atomic E-state index is 14.2. The van der Waals surface area contributed by atoms with E-state index in [1.165, 1.54) is 0 Å². The molecule has 1 unspecified atom stereocenters. The molecular formula is C13H13BrFN3O. The summed E-state index contributed by atoms with van der Waals surface area (Å²) < 4.78 is 14.4. The smallest absolute Gasteiger partial charge is 0.225 e. The molecule has 0 aromatic heterocycles. The molecule has 1 aliphatic heterocycles. The summed E-state index contributed by atoms with van der Waals surface area (Å²) in [6, 6.07) is 5.03. The summed E-state index contributed by atoms with van der Waals surface area (Å²) in [4.78, 5) is 13.2. The summed E-state index contributed by atoms with van der Waals surface area (Å²) in [5.41, 5.74) is 5.38. The molecule has 1 saturated heterocycles. The van der Waals surface area contributed by atoms with Crippen LogP contribution in [-0.4, -0.2) is 19.0 Å². The molecule has 1 atom stereocenters. The molecule has 0 bridgehead atoms. The number of halogens is 2. The van der Waals surface area contributed by atoms with Gasteiger partial charge in [-0.05, 0) is 41.4 Å². The van der Waals surface area contributed by atoms with Gasteiger partial charge in [0.1, 0.15) is 6.07 Å². The number of nitrogens with two attached hydrogens (primary N) is 1. The van der Waals surface area contributed by atoms with Crippen LogP contribution < -0.4 is 10.6 Å². The lowest BCUT2D eigenvalue weighted by Crippen LogP contribution is -2.37. The van der Waals surface area contributed by atoms with E-state index in [-0.39, 0.29) is 15.9 Å². The van der Waals surface area contributed by atoms with Crippen LogP contribution in [0.2, 0.25) is 0 Å². The molecule has 0 saturated carbocycles. The standard InChI is InChI=1S/C13H13BrFN3O/c1-13(12(17)19)4-5-18(7-13)9-3-2-8(6-16)10(14)11(9)15/h2-3H,4-5,7H2,1H3,(H2,17,19). The molecule has 19 heavy (non-hydrogen) atoms. The molecule has 1 aromatic rings. The van der Waals surface area contributed by atoms with Crippen LogP contribution >= 0.6 is 15.9 Å². The molecule has 1 aromatic carbocycles. The molecular weight excluding hydrogens is 313 g/mol. The summed E-state index contributed by atoms with van der Waals surface area (Å²) in [6.45, 7) is 2.73. The van der Waals surface area contributed by atoms with Crippen molar-refractivity contribution in [1.82, 2.24) is 0 Å². The van der Waals surface area contributed by atoms with Crippen molar-refractivity contribution < 1.29 is 9.18 Å². The maximum Gasteiger partial charge on any atom is 0.225 e. The van der Waals surface area contributed by atoms with Gasteiger partial charge in [0.15, 0.2) is 5.82 Å². The van der Waals surface area contributed by atoms with E-state index in [1.807, 2.05) is 6.07 Å². The van der Waals surface area contributed by atoms with Gasteiger partial charge in [-0.2, -0.15) is 5.26 Å². The Hall–Kier alpha value is -1.61. The fraction of sp³-hybridized carbons (Fsp3) is 0.385. The van der Waals surface area contributed by atoms with Crippen LogP contribution in [0.5, 0.6) is 0 Å². The van der Waals surface area contributed by atoms with E-state index in [0.29, 0.717) is 25.2 Å². The topological polar surface area (TPSA) is 70.1 Å². The third-order valence-electron chi connectivity index (χ3n) is 3.59. The molecule has 1 aliphatic rings. The molecule has 0 radical (unpaired) electrons. The first kappa shape index (κ1) is 13.8. The van der Waals surface area contributed by atoms with Gasteiger partial charge in [-0.3, -0.25) is 4.79 Å². The average Bonchev–Trinajstić information content (AvgIpc) is 2.76. The van der Waals surface area contributed by atoms with Crippen molar-refractivity contribution in [2.75, 3.05) is 18.0 Å². The lowest BCUT2D eigenvalue weighted by molar-refractivity contribution is -0.125. The number of nitriles is 1. The van der Waals surface area contributed by atoms with Crippen LogP contribution in [0.25, 0.3) is 0 Å². The molecule has 1 amide bonds. The number of anilines is 1. The second kappa shape index (κ2) is 4.82. The highest BCUT2D eigenvalue weighted by Crippen LogP contribution is 2.36. The first-order valence-corrected chi connectivity index (χ1v) is 6.61. The van der Waals surface area contributed by atoms with E-state index in [9.17, 15) is 9.18 Å². The summed E-state index contributed by atoms with van der Waals surface area (Å²) in [5.74, 6) is -0.851. The first-order chi connectivity index (χ1) is 8.89. The van der Waals surface area contributed by atoms with Crippen LogP contribution in [0, 0.1) is 22.6 Å². The number of rotatable bonds is 2. The molecule has 1 fully saturated rings. The third-order valence-corrected chi connectivity index (χ3v) is 4.37. The largest absolute Gasteiger partial charge is 0.369 e. The first-order valence-electron chi connectivity index (χ1n) is 5.82. The molecule has 0 aliphatic carbocycles. The number of nitrogens with zero attached hydrogens (tertiary/aromatic N) is 2. The van der Waals surface area contributed by atoms with Crippen molar-refractivity contribution in [3.05, 3.63) is 28.0 Å². The van der Waals surface area contributed by atoms with Crippen LogP contribution in [0.3, 0.4) is 0 Å². The van der Waals surface area contributed by atoms with E-state index in [2.05, 4.69) is 15.9 Å². The lowest BCUT2D eigenvalue weighted by Gasteiger charge is -2.23. The Kier molecular flexibility index (Phi) is 3.50. The van der Waals surface area contributed by atoms with Crippen LogP contribution in [0.4, 0.5) is 10.1 Å². The van der Waals surface area contributed by atoms with Crippen molar-refractivity contribution >= 4 is 27.5 Å². The van der Waals surface area contributed by atoms with E-state index < -0.39 is 11.2 Å². The molecule has 100 valence electrons. The van der Waals surface area contributed by atoms with Gasteiger partial charge < -0.3 is 10.6 Å². The number of hydrogen-bond acceptors (Lipinski definition) is 3. The van der Waals surface area contributed by atoms with Crippen LogP contribution in [0.15, 0.2) is 16.6 Å².